The third-order valence-electron chi connectivity index (χ3n) is 2.33. The van der Waals surface area contributed by atoms with E-state index in [0.717, 1.165) is 16.3 Å². The predicted molar refractivity (Wildman–Crippen MR) is 87.5 cm³/mol. The highest BCUT2D eigenvalue weighted by Gasteiger charge is 2.09. The second-order valence-electron chi connectivity index (χ2n) is 3.94. The van der Waals surface area contributed by atoms with Gasteiger partial charge in [0, 0.05) is 10.6 Å². The van der Waals surface area contributed by atoms with Crippen molar-refractivity contribution in [2.45, 2.75) is 10.1 Å². The standard InChI is InChI=1S/C13H15N5OS2/c1-2-7-20-10-6-4-3-5-9(10)15-11(19)8-21-13-16-12(14)17-18-13/h2-6H,1,7-8H2,(H,15,19)(H3,14,16,17,18). The molecule has 0 radical (unpaired) electrons. The number of carbonyl (C=O) groups is 1. The van der Waals surface area contributed by atoms with Crippen molar-refractivity contribution in [3.63, 3.8) is 0 Å². The first-order valence-electron chi connectivity index (χ1n) is 6.12. The van der Waals surface area contributed by atoms with Crippen molar-refractivity contribution in [3.05, 3.63) is 36.9 Å². The van der Waals surface area contributed by atoms with E-state index >= 15 is 0 Å². The lowest BCUT2D eigenvalue weighted by atomic mass is 10.3. The number of nitrogen functional groups attached to an aromatic ring is 1. The zero-order valence-corrected chi connectivity index (χ0v) is 12.8. The van der Waals surface area contributed by atoms with Crippen LogP contribution in [0.5, 0.6) is 0 Å². The number of aromatic nitrogens is 3. The van der Waals surface area contributed by atoms with Crippen molar-refractivity contribution >= 4 is 41.1 Å². The van der Waals surface area contributed by atoms with E-state index in [2.05, 4.69) is 27.1 Å². The number of para-hydroxylation sites is 1. The number of thioether (sulfide) groups is 2. The molecule has 110 valence electrons. The van der Waals surface area contributed by atoms with Gasteiger partial charge in [-0.05, 0) is 12.1 Å². The van der Waals surface area contributed by atoms with Crippen molar-refractivity contribution in [1.29, 1.82) is 0 Å². The molecule has 4 N–H and O–H groups in total. The first-order chi connectivity index (χ1) is 10.2. The van der Waals surface area contributed by atoms with Crippen LogP contribution in [0.2, 0.25) is 0 Å². The monoisotopic (exact) mass is 321 g/mol. The number of aromatic amines is 1. The molecule has 2 aromatic rings. The summed E-state index contributed by atoms with van der Waals surface area (Å²) in [6, 6.07) is 7.66. The summed E-state index contributed by atoms with van der Waals surface area (Å²) in [5.41, 5.74) is 6.22. The Morgan fingerprint density at radius 2 is 2.24 bits per heavy atom. The zero-order valence-electron chi connectivity index (χ0n) is 11.2. The fourth-order valence-corrected chi connectivity index (χ4v) is 2.84. The molecule has 21 heavy (non-hydrogen) atoms. The molecule has 0 saturated heterocycles. The number of benzene rings is 1. The summed E-state index contributed by atoms with van der Waals surface area (Å²) in [4.78, 5) is 16.9. The molecule has 1 amide bonds. The van der Waals surface area contributed by atoms with Crippen LogP contribution in [-0.2, 0) is 4.79 Å². The third-order valence-corrected chi connectivity index (χ3v) is 4.25. The van der Waals surface area contributed by atoms with Crippen molar-refractivity contribution in [2.24, 2.45) is 0 Å². The predicted octanol–water partition coefficient (Wildman–Crippen LogP) is 2.40. The fourth-order valence-electron chi connectivity index (χ4n) is 1.48. The lowest BCUT2D eigenvalue weighted by Gasteiger charge is -2.09. The third kappa shape index (κ3) is 4.83. The van der Waals surface area contributed by atoms with E-state index in [4.69, 9.17) is 5.73 Å². The Bertz CT molecular complexity index is 629. The first-order valence-corrected chi connectivity index (χ1v) is 8.09. The number of nitrogens with zero attached hydrogens (tertiary/aromatic N) is 2. The number of hydrogen-bond acceptors (Lipinski definition) is 6. The van der Waals surface area contributed by atoms with E-state index in [0.29, 0.717) is 5.16 Å². The number of amides is 1. The number of anilines is 2. The topological polar surface area (TPSA) is 96.7 Å². The Morgan fingerprint density at radius 1 is 1.43 bits per heavy atom. The van der Waals surface area contributed by atoms with Crippen LogP contribution in [0.4, 0.5) is 11.6 Å². The van der Waals surface area contributed by atoms with E-state index in [1.54, 1.807) is 11.8 Å². The summed E-state index contributed by atoms with van der Waals surface area (Å²) in [5.74, 6) is 1.13. The van der Waals surface area contributed by atoms with Gasteiger partial charge in [-0.15, -0.1) is 23.4 Å². The molecule has 1 aromatic carbocycles. The molecule has 8 heteroatoms. The molecule has 1 aromatic heterocycles. The lowest BCUT2D eigenvalue weighted by molar-refractivity contribution is -0.113. The zero-order chi connectivity index (χ0) is 15.1. The summed E-state index contributed by atoms with van der Waals surface area (Å²) in [6.07, 6.45) is 1.83. The smallest absolute Gasteiger partial charge is 0.234 e. The van der Waals surface area contributed by atoms with Gasteiger partial charge in [0.25, 0.3) is 0 Å². The molecule has 6 nitrogen and oxygen atoms in total. The maximum absolute atomic E-state index is 12.0. The average molecular weight is 321 g/mol. The van der Waals surface area contributed by atoms with Gasteiger partial charge in [0.1, 0.15) is 0 Å². The molecule has 0 atom stereocenters. The lowest BCUT2D eigenvalue weighted by Crippen LogP contribution is -2.14. The fraction of sp³-hybridized carbons (Fsp3) is 0.154. The molecule has 0 bridgehead atoms. The SMILES string of the molecule is C=CCSc1ccccc1NC(=O)CSc1n[nH]c(N)n1. The van der Waals surface area contributed by atoms with Crippen LogP contribution in [0.1, 0.15) is 0 Å². The highest BCUT2D eigenvalue weighted by Crippen LogP contribution is 2.27. The molecule has 0 unspecified atom stereocenters. The van der Waals surface area contributed by atoms with Crippen molar-refractivity contribution < 1.29 is 4.79 Å². The number of nitrogens with one attached hydrogen (secondary N) is 2. The molecule has 0 spiro atoms. The maximum atomic E-state index is 12.0. The first kappa shape index (κ1) is 15.5. The van der Waals surface area contributed by atoms with Gasteiger partial charge in [0.2, 0.25) is 17.0 Å². The van der Waals surface area contributed by atoms with Crippen LogP contribution < -0.4 is 11.1 Å². The van der Waals surface area contributed by atoms with Gasteiger partial charge < -0.3 is 11.1 Å². The Labute approximate surface area is 131 Å². The van der Waals surface area contributed by atoms with Gasteiger partial charge in [0.05, 0.1) is 11.4 Å². The number of H-pyrrole nitrogens is 1. The van der Waals surface area contributed by atoms with E-state index in [9.17, 15) is 4.79 Å². The minimum Gasteiger partial charge on any atom is -0.368 e. The summed E-state index contributed by atoms with van der Waals surface area (Å²) in [7, 11) is 0. The van der Waals surface area contributed by atoms with Crippen LogP contribution >= 0.6 is 23.5 Å². The van der Waals surface area contributed by atoms with Gasteiger partial charge in [-0.25, -0.2) is 5.10 Å². The molecule has 0 saturated carbocycles. The minimum absolute atomic E-state index is 0.116. The summed E-state index contributed by atoms with van der Waals surface area (Å²) in [5, 5.41) is 9.73. The van der Waals surface area contributed by atoms with E-state index in [1.165, 1.54) is 11.8 Å². The summed E-state index contributed by atoms with van der Waals surface area (Å²) >= 11 is 2.84. The summed E-state index contributed by atoms with van der Waals surface area (Å²) in [6.45, 7) is 3.69. The van der Waals surface area contributed by atoms with Gasteiger partial charge in [-0.2, -0.15) is 4.98 Å². The van der Waals surface area contributed by atoms with Gasteiger partial charge in [-0.1, -0.05) is 30.0 Å². The highest BCUT2D eigenvalue weighted by molar-refractivity contribution is 8.00. The second kappa shape index (κ2) is 7.75. The molecule has 0 aliphatic carbocycles. The largest absolute Gasteiger partial charge is 0.368 e. The van der Waals surface area contributed by atoms with Crippen molar-refractivity contribution in [3.8, 4) is 0 Å². The average Bonchev–Trinajstić information content (AvgIpc) is 2.90. The van der Waals surface area contributed by atoms with Crippen molar-refractivity contribution in [1.82, 2.24) is 15.2 Å². The normalized spacial score (nSPS) is 10.3. The van der Waals surface area contributed by atoms with Crippen LogP contribution in [-0.4, -0.2) is 32.6 Å². The minimum atomic E-state index is -0.116. The highest BCUT2D eigenvalue weighted by atomic mass is 32.2. The Hall–Kier alpha value is -1.93. The number of nitrogens with two attached hydrogens (primary N) is 1. The van der Waals surface area contributed by atoms with Crippen LogP contribution in [0, 0.1) is 0 Å². The van der Waals surface area contributed by atoms with Gasteiger partial charge >= 0.3 is 0 Å². The van der Waals surface area contributed by atoms with Crippen LogP contribution in [0.15, 0.2) is 47.0 Å². The molecular formula is C13H15N5OS2. The van der Waals surface area contributed by atoms with E-state index < -0.39 is 0 Å². The van der Waals surface area contributed by atoms with Crippen LogP contribution in [0.3, 0.4) is 0 Å². The Morgan fingerprint density at radius 3 is 2.95 bits per heavy atom. The number of carbonyl (C=O) groups excluding carboxylic acids is 1. The van der Waals surface area contributed by atoms with Gasteiger partial charge in [0.15, 0.2) is 0 Å². The Kier molecular flexibility index (Phi) is 5.70. The van der Waals surface area contributed by atoms with Gasteiger partial charge in [-0.3, -0.25) is 4.79 Å². The molecular weight excluding hydrogens is 306 g/mol. The number of hydrogen-bond donors (Lipinski definition) is 3. The molecule has 0 aliphatic heterocycles. The van der Waals surface area contributed by atoms with E-state index in [1.807, 2.05) is 30.3 Å². The second-order valence-corrected chi connectivity index (χ2v) is 5.94. The molecule has 2 rings (SSSR count). The maximum Gasteiger partial charge on any atom is 0.234 e. The molecule has 0 aliphatic rings. The Balaban J connectivity index is 1.91. The molecule has 1 heterocycles. The van der Waals surface area contributed by atoms with E-state index in [-0.39, 0.29) is 17.6 Å². The van der Waals surface area contributed by atoms with Crippen LogP contribution in [0.25, 0.3) is 0 Å². The summed E-state index contributed by atoms with van der Waals surface area (Å²) < 4.78 is 0. The molecule has 0 fully saturated rings. The number of rotatable bonds is 7. The van der Waals surface area contributed by atoms with Crippen molar-refractivity contribution in [2.75, 3.05) is 22.6 Å². The quantitative estimate of drug-likeness (QED) is 0.535.